The van der Waals surface area contributed by atoms with E-state index in [1.54, 1.807) is 0 Å². The predicted molar refractivity (Wildman–Crippen MR) is 56.0 cm³/mol. The van der Waals surface area contributed by atoms with Crippen molar-refractivity contribution in [2.75, 3.05) is 0 Å². The number of nitriles is 1. The Kier molecular flexibility index (Phi) is 25.1. The van der Waals surface area contributed by atoms with E-state index in [9.17, 15) is 9.59 Å². The van der Waals surface area contributed by atoms with Crippen LogP contribution in [0.3, 0.4) is 0 Å². The molecule has 0 saturated heterocycles. The Balaban J connectivity index is -0.0000000770. The molecule has 0 N–H and O–H groups in total. The molecule has 0 aromatic heterocycles. The van der Waals surface area contributed by atoms with Gasteiger partial charge in [-0.2, -0.15) is 13.8 Å². The summed E-state index contributed by atoms with van der Waals surface area (Å²) in [4.78, 5) is 19.4. The Labute approximate surface area is 120 Å². The van der Waals surface area contributed by atoms with Crippen molar-refractivity contribution in [3.8, 4) is 6.07 Å². The van der Waals surface area contributed by atoms with Crippen molar-refractivity contribution in [1.29, 1.82) is 5.26 Å². The Morgan fingerprint density at radius 1 is 1.20 bits per heavy atom. The molecular weight excluding hydrogens is 212 g/mol. The molecule has 0 bridgehead atoms. The van der Waals surface area contributed by atoms with Gasteiger partial charge in [-0.1, -0.05) is 19.1 Å². The molecule has 15 heavy (non-hydrogen) atoms. The molecule has 0 aliphatic rings. The van der Waals surface area contributed by atoms with Crippen LogP contribution in [0, 0.1) is 11.3 Å². The Hall–Kier alpha value is 1.04. The molecule has 0 aromatic carbocycles. The maximum absolute atomic E-state index is 9.69. The van der Waals surface area contributed by atoms with E-state index < -0.39 is 8.56 Å². The third-order valence-electron chi connectivity index (χ3n) is 1.07. The maximum Gasteiger partial charge on any atom is 1.00 e. The molecule has 0 aliphatic carbocycles. The number of hydrogen-bond donors (Lipinski definition) is 0. The zero-order chi connectivity index (χ0) is 10.9. The van der Waals surface area contributed by atoms with Crippen LogP contribution in [0.15, 0.2) is 0 Å². The average molecular weight is 231 g/mol. The van der Waals surface area contributed by atoms with Crippen LogP contribution in [0.4, 0.5) is 0 Å². The largest absolute Gasteiger partial charge is 1.00 e. The third kappa shape index (κ3) is 70.1. The fourth-order valence-corrected chi connectivity index (χ4v) is 1.61. The third-order valence-corrected chi connectivity index (χ3v) is 2.63. The first kappa shape index (κ1) is 25.0. The van der Waals surface area contributed by atoms with Gasteiger partial charge in [0.25, 0.3) is 0 Å². The van der Waals surface area contributed by atoms with Crippen molar-refractivity contribution in [1.82, 2.24) is 0 Å². The monoisotopic (exact) mass is 231 g/mol. The van der Waals surface area contributed by atoms with Gasteiger partial charge < -0.3 is 9.59 Å². The van der Waals surface area contributed by atoms with E-state index in [0.717, 1.165) is 12.8 Å². The van der Waals surface area contributed by atoms with Crippen molar-refractivity contribution < 1.29 is 47.3 Å². The summed E-state index contributed by atoms with van der Waals surface area (Å²) < 4.78 is 0. The van der Waals surface area contributed by atoms with Crippen LogP contribution in [0.1, 0.15) is 12.8 Å². The predicted octanol–water partition coefficient (Wildman–Crippen LogP) is -5.81. The summed E-state index contributed by atoms with van der Waals surface area (Å²) in [6.45, 7) is 7.06. The molecule has 0 aliphatic heterocycles. The standard InChI is InChI=1S/C6H13NSi.C2H6O2Si.2Li/c1-8(2)6-4-3-5-7;1-5(2,3)4;;/h8H,3-4,6H2,1-2H3;1-2H3;;/q;-2;2*+1. The SMILES string of the molecule is C[SiH](C)CCCC#N.C[Si](C)([O-])[O-].[Li+].[Li+]. The van der Waals surface area contributed by atoms with Crippen LogP contribution in [-0.2, 0) is 0 Å². The van der Waals surface area contributed by atoms with Crippen LogP contribution in [0.5, 0.6) is 0 Å². The van der Waals surface area contributed by atoms with Crippen molar-refractivity contribution >= 4 is 17.4 Å². The zero-order valence-corrected chi connectivity index (χ0v) is 13.1. The van der Waals surface area contributed by atoms with Gasteiger partial charge in [0.15, 0.2) is 0 Å². The summed E-state index contributed by atoms with van der Waals surface area (Å²) >= 11 is 0. The van der Waals surface area contributed by atoms with Crippen LogP contribution in [0.25, 0.3) is 0 Å². The molecule has 0 rings (SSSR count). The summed E-state index contributed by atoms with van der Waals surface area (Å²) in [6.07, 6.45) is 1.88. The van der Waals surface area contributed by atoms with Crippen LogP contribution < -0.4 is 47.3 Å². The van der Waals surface area contributed by atoms with Crippen LogP contribution in [0.2, 0.25) is 32.2 Å². The molecule has 3 nitrogen and oxygen atoms in total. The topological polar surface area (TPSA) is 69.9 Å². The van der Waals surface area contributed by atoms with Gasteiger partial charge in [-0.05, 0) is 6.42 Å². The van der Waals surface area contributed by atoms with Gasteiger partial charge in [-0.25, -0.2) is 0 Å². The smallest absolute Gasteiger partial charge is 0.870 e. The summed E-state index contributed by atoms with van der Waals surface area (Å²) in [5, 5.41) is 8.14. The number of hydrogen-bond acceptors (Lipinski definition) is 3. The molecule has 0 aromatic rings. The molecule has 0 unspecified atom stereocenters. The van der Waals surface area contributed by atoms with E-state index in [-0.39, 0.29) is 46.5 Å². The first-order chi connectivity index (χ1) is 5.77. The number of nitrogens with zero attached hydrogens (tertiary/aromatic N) is 1. The van der Waals surface area contributed by atoms with Gasteiger partial charge in [0.05, 0.1) is 6.07 Å². The second kappa shape index (κ2) is 15.0. The average Bonchev–Trinajstić information content (AvgIpc) is 1.83. The minimum atomic E-state index is -3.11. The summed E-state index contributed by atoms with van der Waals surface area (Å²) in [7, 11) is -3.46. The normalized spacial score (nSPS) is 8.93. The molecule has 0 spiro atoms. The summed E-state index contributed by atoms with van der Waals surface area (Å²) in [5.74, 6) is 0. The minimum absolute atomic E-state index is 0. The quantitative estimate of drug-likeness (QED) is 0.359. The molecule has 0 fully saturated rings. The van der Waals surface area contributed by atoms with Gasteiger partial charge in [-0.3, -0.25) is 0 Å². The summed E-state index contributed by atoms with van der Waals surface area (Å²) in [6, 6.07) is 3.47. The van der Waals surface area contributed by atoms with Crippen LogP contribution >= 0.6 is 0 Å². The minimum Gasteiger partial charge on any atom is -0.870 e. The van der Waals surface area contributed by atoms with E-state index in [0.29, 0.717) is 0 Å². The van der Waals surface area contributed by atoms with E-state index in [1.165, 1.54) is 19.1 Å². The first-order valence-corrected chi connectivity index (χ1v) is 10.5. The van der Waals surface area contributed by atoms with E-state index >= 15 is 0 Å². The first-order valence-electron chi connectivity index (χ1n) is 4.55. The number of unbranched alkanes of at least 4 members (excludes halogenated alkanes) is 1. The molecule has 0 saturated carbocycles. The fourth-order valence-electron chi connectivity index (χ4n) is 0.589. The Bertz CT molecular complexity index is 152. The fraction of sp³-hybridized carbons (Fsp3) is 0.875. The van der Waals surface area contributed by atoms with Crippen LogP contribution in [-0.4, -0.2) is 17.4 Å². The van der Waals surface area contributed by atoms with Gasteiger partial charge in [0, 0.05) is 15.2 Å². The molecule has 0 amide bonds. The second-order valence-electron chi connectivity index (χ2n) is 3.84. The molecule has 0 radical (unpaired) electrons. The van der Waals surface area contributed by atoms with Gasteiger partial charge in [-0.15, -0.1) is 13.1 Å². The van der Waals surface area contributed by atoms with E-state index in [1.807, 2.05) is 0 Å². The van der Waals surface area contributed by atoms with Crippen molar-refractivity contribution in [3.05, 3.63) is 0 Å². The molecular formula is C8H19Li2NO2Si2. The Morgan fingerprint density at radius 2 is 1.53 bits per heavy atom. The molecule has 0 heterocycles. The number of rotatable bonds is 3. The molecule has 0 atom stereocenters. The zero-order valence-electron chi connectivity index (χ0n) is 11.0. The molecule has 7 heteroatoms. The Morgan fingerprint density at radius 3 is 1.73 bits per heavy atom. The van der Waals surface area contributed by atoms with Gasteiger partial charge in [0.2, 0.25) is 0 Å². The van der Waals surface area contributed by atoms with Gasteiger partial charge >= 0.3 is 37.7 Å². The van der Waals surface area contributed by atoms with Crippen molar-refractivity contribution in [2.24, 2.45) is 0 Å². The summed E-state index contributed by atoms with van der Waals surface area (Å²) in [5.41, 5.74) is 0. The maximum atomic E-state index is 9.69. The molecule has 78 valence electrons. The van der Waals surface area contributed by atoms with E-state index in [4.69, 9.17) is 5.26 Å². The van der Waals surface area contributed by atoms with E-state index in [2.05, 4.69) is 19.2 Å². The van der Waals surface area contributed by atoms with Gasteiger partial charge in [0.1, 0.15) is 0 Å². The van der Waals surface area contributed by atoms with Crippen molar-refractivity contribution in [2.45, 2.75) is 45.1 Å². The second-order valence-corrected chi connectivity index (χ2v) is 10.0. The van der Waals surface area contributed by atoms with Crippen molar-refractivity contribution in [3.63, 3.8) is 0 Å².